The molecule has 1 aliphatic rings. The van der Waals surface area contributed by atoms with E-state index in [1.54, 1.807) is 0 Å². The van der Waals surface area contributed by atoms with Crippen molar-refractivity contribution >= 4 is 11.9 Å². The van der Waals surface area contributed by atoms with Gasteiger partial charge in [-0.2, -0.15) is 0 Å². The van der Waals surface area contributed by atoms with Gasteiger partial charge < -0.3 is 15.2 Å². The Kier molecular flexibility index (Phi) is 4.81. The zero-order chi connectivity index (χ0) is 19.7. The fourth-order valence-corrected chi connectivity index (χ4v) is 3.88. The van der Waals surface area contributed by atoms with E-state index in [0.29, 0.717) is 12.1 Å². The topological polar surface area (TPSA) is 89.9 Å². The van der Waals surface area contributed by atoms with Crippen LogP contribution in [0.25, 0.3) is 11.3 Å². The van der Waals surface area contributed by atoms with E-state index in [1.807, 2.05) is 66.2 Å². The van der Waals surface area contributed by atoms with Crippen molar-refractivity contribution in [3.8, 4) is 11.3 Å². The molecule has 1 amide bonds. The van der Waals surface area contributed by atoms with Gasteiger partial charge in [-0.05, 0) is 38.0 Å². The van der Waals surface area contributed by atoms with Gasteiger partial charge >= 0.3 is 0 Å². The number of nitrogen functional groups attached to an aromatic ring is 1. The maximum Gasteiger partial charge on any atom is 0.253 e. The zero-order valence-corrected chi connectivity index (χ0v) is 16.2. The first-order valence-electron chi connectivity index (χ1n) is 9.49. The molecule has 1 fully saturated rings. The molecule has 28 heavy (non-hydrogen) atoms. The second kappa shape index (κ2) is 7.42. The number of carbonyl (C=O) groups is 1. The van der Waals surface area contributed by atoms with Crippen molar-refractivity contribution in [3.63, 3.8) is 0 Å². The summed E-state index contributed by atoms with van der Waals surface area (Å²) in [4.78, 5) is 28.0. The number of carbonyl (C=O) groups excluding carboxylic acids is 1. The lowest BCUT2D eigenvalue weighted by Gasteiger charge is -2.32. The summed E-state index contributed by atoms with van der Waals surface area (Å²) in [6.45, 7) is 3.33. The summed E-state index contributed by atoms with van der Waals surface area (Å²) >= 11 is 0. The molecule has 2 aromatic heterocycles. The second-order valence-electron chi connectivity index (χ2n) is 7.32. The predicted octanol–water partition coefficient (Wildman–Crippen LogP) is 2.79. The van der Waals surface area contributed by atoms with Crippen LogP contribution in [0.1, 0.15) is 40.6 Å². The molecule has 0 radical (unpaired) electrons. The molecule has 144 valence electrons. The summed E-state index contributed by atoms with van der Waals surface area (Å²) in [7, 11) is 2.00. The minimum absolute atomic E-state index is 0.0412. The summed E-state index contributed by atoms with van der Waals surface area (Å²) < 4.78 is 2.04. The van der Waals surface area contributed by atoms with Crippen LogP contribution in [-0.2, 0) is 7.05 Å². The molecule has 0 aliphatic carbocycles. The van der Waals surface area contributed by atoms with Crippen LogP contribution in [0.2, 0.25) is 0 Å². The average Bonchev–Trinajstić information content (AvgIpc) is 3.13. The third-order valence-electron chi connectivity index (χ3n) is 5.21. The van der Waals surface area contributed by atoms with E-state index in [1.165, 1.54) is 0 Å². The summed E-state index contributed by atoms with van der Waals surface area (Å²) in [5, 5.41) is 0. The number of aryl methyl sites for hydroxylation is 2. The van der Waals surface area contributed by atoms with Gasteiger partial charge in [0.1, 0.15) is 5.82 Å². The molecule has 1 aliphatic heterocycles. The van der Waals surface area contributed by atoms with Gasteiger partial charge in [-0.15, -0.1) is 0 Å². The van der Waals surface area contributed by atoms with E-state index in [-0.39, 0.29) is 17.8 Å². The molecule has 2 N–H and O–H groups in total. The van der Waals surface area contributed by atoms with Crippen LogP contribution in [0.5, 0.6) is 0 Å². The van der Waals surface area contributed by atoms with Crippen molar-refractivity contribution in [2.45, 2.75) is 25.7 Å². The number of amides is 1. The Hall–Kier alpha value is -3.22. The first kappa shape index (κ1) is 18.2. The number of aromatic nitrogens is 4. The molecule has 1 aromatic carbocycles. The lowest BCUT2D eigenvalue weighted by atomic mass is 9.96. The van der Waals surface area contributed by atoms with Crippen LogP contribution in [-0.4, -0.2) is 43.4 Å². The first-order chi connectivity index (χ1) is 13.5. The van der Waals surface area contributed by atoms with Gasteiger partial charge in [0.25, 0.3) is 5.91 Å². The third kappa shape index (κ3) is 3.60. The van der Waals surface area contributed by atoms with Crippen LogP contribution in [0.15, 0.2) is 42.7 Å². The van der Waals surface area contributed by atoms with Crippen LogP contribution in [0.3, 0.4) is 0 Å². The Labute approximate surface area is 164 Å². The average molecular weight is 376 g/mol. The molecule has 1 unspecified atom stereocenters. The predicted molar refractivity (Wildman–Crippen MR) is 108 cm³/mol. The maximum atomic E-state index is 13.2. The zero-order valence-electron chi connectivity index (χ0n) is 16.2. The Morgan fingerprint density at radius 2 is 2.11 bits per heavy atom. The lowest BCUT2D eigenvalue weighted by molar-refractivity contribution is 0.0703. The molecular formula is C21H24N6O. The fourth-order valence-electron chi connectivity index (χ4n) is 3.88. The molecule has 3 aromatic rings. The minimum Gasteiger partial charge on any atom is -0.368 e. The minimum atomic E-state index is 0.0412. The van der Waals surface area contributed by atoms with E-state index < -0.39 is 0 Å². The summed E-state index contributed by atoms with van der Waals surface area (Å²) in [5.74, 6) is 1.59. The monoisotopic (exact) mass is 376 g/mol. The number of anilines is 1. The molecule has 1 saturated heterocycles. The van der Waals surface area contributed by atoms with Crippen LogP contribution in [0.4, 0.5) is 5.95 Å². The maximum absolute atomic E-state index is 13.2. The number of hydrogen-bond acceptors (Lipinski definition) is 5. The Bertz CT molecular complexity index is 991. The molecule has 7 nitrogen and oxygen atoms in total. The van der Waals surface area contributed by atoms with E-state index in [0.717, 1.165) is 42.2 Å². The van der Waals surface area contributed by atoms with Gasteiger partial charge in [0.2, 0.25) is 5.95 Å². The standard InChI is InChI=1S/C21H24N6O/c1-14-11-18(25-21(22)24-14)15-5-3-6-16(12-15)20(28)27-9-4-7-17(13-27)19-23-8-10-26(19)2/h3,5-6,8,10-12,17H,4,7,9,13H2,1-2H3,(H2,22,24,25). The van der Waals surface area contributed by atoms with Gasteiger partial charge in [-0.1, -0.05) is 12.1 Å². The molecular weight excluding hydrogens is 352 g/mol. The molecule has 0 spiro atoms. The highest BCUT2D eigenvalue weighted by molar-refractivity contribution is 5.95. The van der Waals surface area contributed by atoms with Crippen molar-refractivity contribution in [3.05, 3.63) is 59.8 Å². The highest BCUT2D eigenvalue weighted by Gasteiger charge is 2.27. The van der Waals surface area contributed by atoms with E-state index in [2.05, 4.69) is 15.0 Å². The SMILES string of the molecule is Cc1cc(-c2cccc(C(=O)N3CCCC(c4nccn4C)C3)c2)nc(N)n1. The van der Waals surface area contributed by atoms with Crippen LogP contribution < -0.4 is 5.73 Å². The number of likely N-dealkylation sites (tertiary alicyclic amines) is 1. The second-order valence-corrected chi connectivity index (χ2v) is 7.32. The lowest BCUT2D eigenvalue weighted by Crippen LogP contribution is -2.39. The van der Waals surface area contributed by atoms with Gasteiger partial charge in [0, 0.05) is 55.3 Å². The molecule has 7 heteroatoms. The van der Waals surface area contributed by atoms with Crippen LogP contribution >= 0.6 is 0 Å². The largest absolute Gasteiger partial charge is 0.368 e. The highest BCUT2D eigenvalue weighted by Crippen LogP contribution is 2.27. The third-order valence-corrected chi connectivity index (χ3v) is 5.21. The number of benzene rings is 1. The van der Waals surface area contributed by atoms with Crippen molar-refractivity contribution < 1.29 is 4.79 Å². The number of nitrogens with two attached hydrogens (primary N) is 1. The normalized spacial score (nSPS) is 16.9. The Morgan fingerprint density at radius 3 is 2.86 bits per heavy atom. The molecule has 1 atom stereocenters. The van der Waals surface area contributed by atoms with Crippen molar-refractivity contribution in [2.24, 2.45) is 7.05 Å². The molecule has 3 heterocycles. The Balaban J connectivity index is 1.57. The molecule has 0 saturated carbocycles. The van der Waals surface area contributed by atoms with E-state index in [9.17, 15) is 4.79 Å². The molecule has 4 rings (SSSR count). The number of piperidine rings is 1. The smallest absolute Gasteiger partial charge is 0.253 e. The Morgan fingerprint density at radius 1 is 1.25 bits per heavy atom. The van der Waals surface area contributed by atoms with Crippen molar-refractivity contribution in [1.82, 2.24) is 24.4 Å². The molecule has 0 bridgehead atoms. The highest BCUT2D eigenvalue weighted by atomic mass is 16.2. The van der Waals surface area contributed by atoms with E-state index in [4.69, 9.17) is 5.73 Å². The summed E-state index contributed by atoms with van der Waals surface area (Å²) in [6.07, 6.45) is 5.79. The van der Waals surface area contributed by atoms with Crippen molar-refractivity contribution in [2.75, 3.05) is 18.8 Å². The van der Waals surface area contributed by atoms with Gasteiger partial charge in [0.15, 0.2) is 0 Å². The number of rotatable bonds is 3. The van der Waals surface area contributed by atoms with Crippen molar-refractivity contribution in [1.29, 1.82) is 0 Å². The first-order valence-corrected chi connectivity index (χ1v) is 9.49. The number of imidazole rings is 1. The van der Waals surface area contributed by atoms with Crippen LogP contribution in [0, 0.1) is 6.92 Å². The summed E-state index contributed by atoms with van der Waals surface area (Å²) in [6, 6.07) is 9.43. The number of nitrogens with zero attached hydrogens (tertiary/aromatic N) is 5. The fraction of sp³-hybridized carbons (Fsp3) is 0.333. The summed E-state index contributed by atoms with van der Waals surface area (Å²) in [5.41, 5.74) is 8.83. The quantitative estimate of drug-likeness (QED) is 0.759. The van der Waals surface area contributed by atoms with Gasteiger partial charge in [-0.25, -0.2) is 15.0 Å². The van der Waals surface area contributed by atoms with Gasteiger partial charge in [0.05, 0.1) is 5.69 Å². The van der Waals surface area contributed by atoms with E-state index >= 15 is 0 Å². The van der Waals surface area contributed by atoms with Gasteiger partial charge in [-0.3, -0.25) is 4.79 Å². The number of hydrogen-bond donors (Lipinski definition) is 1.